The number of benzene rings is 2. The lowest BCUT2D eigenvalue weighted by molar-refractivity contribution is -0.137. The number of amides is 2. The van der Waals surface area contributed by atoms with Gasteiger partial charge in [-0.1, -0.05) is 6.07 Å². The number of rotatable bonds is 4. The van der Waals surface area contributed by atoms with Crippen LogP contribution in [0.25, 0.3) is 0 Å². The van der Waals surface area contributed by atoms with Crippen molar-refractivity contribution in [3.05, 3.63) is 64.7 Å². The minimum atomic E-state index is -0.860. The molecule has 1 saturated heterocycles. The predicted octanol–water partition coefficient (Wildman–Crippen LogP) is 3.80. The van der Waals surface area contributed by atoms with Gasteiger partial charge in [-0.2, -0.15) is 0 Å². The van der Waals surface area contributed by atoms with Gasteiger partial charge in [-0.05, 0) is 61.6 Å². The highest BCUT2D eigenvalue weighted by atomic mass is 19.1. The summed E-state index contributed by atoms with van der Waals surface area (Å²) in [6.45, 7) is 4.54. The average molecular weight is 428 g/mol. The van der Waals surface area contributed by atoms with Gasteiger partial charge in [0.05, 0.1) is 12.2 Å². The summed E-state index contributed by atoms with van der Waals surface area (Å²) < 4.78 is 32.6. The van der Waals surface area contributed by atoms with Gasteiger partial charge >= 0.3 is 0 Å². The van der Waals surface area contributed by atoms with E-state index in [1.165, 1.54) is 11.6 Å². The van der Waals surface area contributed by atoms with Crippen LogP contribution in [-0.4, -0.2) is 47.9 Å². The number of piperidine rings is 1. The molecule has 2 amide bonds. The van der Waals surface area contributed by atoms with E-state index in [4.69, 9.17) is 4.74 Å². The van der Waals surface area contributed by atoms with E-state index in [1.54, 1.807) is 4.90 Å². The van der Waals surface area contributed by atoms with Gasteiger partial charge in [0, 0.05) is 38.2 Å². The minimum absolute atomic E-state index is 0.104. The normalized spacial score (nSPS) is 16.7. The molecule has 7 heteroatoms. The third-order valence-electron chi connectivity index (χ3n) is 6.11. The van der Waals surface area contributed by atoms with Crippen LogP contribution in [0.3, 0.4) is 0 Å². The van der Waals surface area contributed by atoms with E-state index in [1.807, 2.05) is 24.0 Å². The lowest BCUT2D eigenvalue weighted by Crippen LogP contribution is -2.45. The Morgan fingerprint density at radius 1 is 1.00 bits per heavy atom. The summed E-state index contributed by atoms with van der Waals surface area (Å²) in [5, 5.41) is 0. The average Bonchev–Trinajstić information content (AvgIpc) is 2.78. The molecule has 2 heterocycles. The van der Waals surface area contributed by atoms with Crippen molar-refractivity contribution >= 4 is 11.8 Å². The Morgan fingerprint density at radius 2 is 1.77 bits per heavy atom. The summed E-state index contributed by atoms with van der Waals surface area (Å²) in [6, 6.07) is 9.02. The number of halogens is 2. The molecule has 2 aromatic rings. The van der Waals surface area contributed by atoms with Crippen molar-refractivity contribution in [3.8, 4) is 5.75 Å². The zero-order valence-corrected chi connectivity index (χ0v) is 17.6. The molecular weight excluding hydrogens is 402 g/mol. The second-order valence-electron chi connectivity index (χ2n) is 8.06. The summed E-state index contributed by atoms with van der Waals surface area (Å²) >= 11 is 0. The molecule has 0 atom stereocenters. The second-order valence-corrected chi connectivity index (χ2v) is 8.06. The molecule has 0 radical (unpaired) electrons. The standard InChI is InChI=1S/C24H26F2N2O3/c1-2-31-20-5-3-16-7-12-28(15-18(16)13-20)23(29)17-8-10-27(11-9-17)24(30)21-6-4-19(25)14-22(21)26/h3-6,13-14,17H,2,7-12,15H2,1H3. The molecule has 0 saturated carbocycles. The molecule has 0 spiro atoms. The molecule has 1 fully saturated rings. The maximum absolute atomic E-state index is 13.9. The van der Waals surface area contributed by atoms with Crippen LogP contribution in [0.1, 0.15) is 41.3 Å². The maximum atomic E-state index is 13.9. The third kappa shape index (κ3) is 4.55. The van der Waals surface area contributed by atoms with Crippen molar-refractivity contribution in [3.63, 3.8) is 0 Å². The zero-order valence-electron chi connectivity index (χ0n) is 17.6. The fourth-order valence-electron chi connectivity index (χ4n) is 4.40. The van der Waals surface area contributed by atoms with Crippen LogP contribution in [0.4, 0.5) is 8.78 Å². The lowest BCUT2D eigenvalue weighted by Gasteiger charge is -2.36. The van der Waals surface area contributed by atoms with Crippen LogP contribution in [0.2, 0.25) is 0 Å². The van der Waals surface area contributed by atoms with Crippen LogP contribution in [-0.2, 0) is 17.8 Å². The number of hydrogen-bond donors (Lipinski definition) is 0. The molecule has 0 aromatic heterocycles. The van der Waals surface area contributed by atoms with Crippen LogP contribution >= 0.6 is 0 Å². The second kappa shape index (κ2) is 9.04. The van der Waals surface area contributed by atoms with E-state index in [0.29, 0.717) is 51.7 Å². The topological polar surface area (TPSA) is 49.9 Å². The smallest absolute Gasteiger partial charge is 0.256 e. The molecule has 164 valence electrons. The highest BCUT2D eigenvalue weighted by Crippen LogP contribution is 2.28. The van der Waals surface area contributed by atoms with E-state index < -0.39 is 17.5 Å². The van der Waals surface area contributed by atoms with Crippen molar-refractivity contribution in [2.24, 2.45) is 5.92 Å². The van der Waals surface area contributed by atoms with E-state index in [0.717, 1.165) is 23.8 Å². The fourth-order valence-corrected chi connectivity index (χ4v) is 4.40. The number of hydrogen-bond acceptors (Lipinski definition) is 3. The van der Waals surface area contributed by atoms with Crippen LogP contribution in [0.5, 0.6) is 5.75 Å². The molecule has 4 rings (SSSR count). The van der Waals surface area contributed by atoms with E-state index in [-0.39, 0.29) is 17.4 Å². The molecule has 31 heavy (non-hydrogen) atoms. The first-order chi connectivity index (χ1) is 15.0. The Bertz CT molecular complexity index is 987. The largest absolute Gasteiger partial charge is 0.494 e. The molecule has 0 bridgehead atoms. The van der Waals surface area contributed by atoms with Gasteiger partial charge in [0.2, 0.25) is 5.91 Å². The highest BCUT2D eigenvalue weighted by molar-refractivity contribution is 5.94. The van der Waals surface area contributed by atoms with Gasteiger partial charge in [0.25, 0.3) is 5.91 Å². The Morgan fingerprint density at radius 3 is 2.48 bits per heavy atom. The van der Waals surface area contributed by atoms with Crippen LogP contribution in [0.15, 0.2) is 36.4 Å². The van der Waals surface area contributed by atoms with Crippen molar-refractivity contribution in [2.45, 2.75) is 32.7 Å². The zero-order chi connectivity index (χ0) is 22.0. The van der Waals surface area contributed by atoms with E-state index >= 15 is 0 Å². The minimum Gasteiger partial charge on any atom is -0.494 e. The summed E-state index contributed by atoms with van der Waals surface area (Å²) in [5.74, 6) is -1.27. The molecule has 2 aliphatic rings. The van der Waals surface area contributed by atoms with Gasteiger partial charge in [-0.25, -0.2) is 8.78 Å². The van der Waals surface area contributed by atoms with Gasteiger partial charge in [0.1, 0.15) is 17.4 Å². The molecule has 0 aliphatic carbocycles. The van der Waals surface area contributed by atoms with Gasteiger partial charge in [-0.3, -0.25) is 9.59 Å². The maximum Gasteiger partial charge on any atom is 0.256 e. The van der Waals surface area contributed by atoms with Crippen molar-refractivity contribution in [1.82, 2.24) is 9.80 Å². The first kappa shape index (κ1) is 21.3. The Hall–Kier alpha value is -2.96. The van der Waals surface area contributed by atoms with Crippen LogP contribution in [0, 0.1) is 17.6 Å². The first-order valence-corrected chi connectivity index (χ1v) is 10.7. The number of nitrogens with zero attached hydrogens (tertiary/aromatic N) is 2. The summed E-state index contributed by atoms with van der Waals surface area (Å²) in [7, 11) is 0. The van der Waals surface area contributed by atoms with Crippen molar-refractivity contribution in [1.29, 1.82) is 0 Å². The number of carbonyl (C=O) groups is 2. The molecule has 2 aliphatic heterocycles. The summed E-state index contributed by atoms with van der Waals surface area (Å²) in [4.78, 5) is 29.1. The number of carbonyl (C=O) groups excluding carboxylic acids is 2. The van der Waals surface area contributed by atoms with Gasteiger partial charge in [-0.15, -0.1) is 0 Å². The van der Waals surface area contributed by atoms with Crippen LogP contribution < -0.4 is 4.74 Å². The fraction of sp³-hybridized carbons (Fsp3) is 0.417. The van der Waals surface area contributed by atoms with Crippen molar-refractivity contribution in [2.75, 3.05) is 26.2 Å². The monoisotopic (exact) mass is 428 g/mol. The number of fused-ring (bicyclic) bond motifs is 1. The van der Waals surface area contributed by atoms with E-state index in [2.05, 4.69) is 6.07 Å². The molecular formula is C24H26F2N2O3. The van der Waals surface area contributed by atoms with E-state index in [9.17, 15) is 18.4 Å². The molecule has 2 aromatic carbocycles. The Kier molecular flexibility index (Phi) is 6.20. The third-order valence-corrected chi connectivity index (χ3v) is 6.11. The Balaban J connectivity index is 1.36. The molecule has 0 N–H and O–H groups in total. The van der Waals surface area contributed by atoms with Crippen molar-refractivity contribution < 1.29 is 23.1 Å². The van der Waals surface area contributed by atoms with Gasteiger partial charge < -0.3 is 14.5 Å². The SMILES string of the molecule is CCOc1ccc2c(c1)CN(C(=O)C1CCN(C(=O)c3ccc(F)cc3F)CC1)CC2. The quantitative estimate of drug-likeness (QED) is 0.744. The Labute approximate surface area is 180 Å². The summed E-state index contributed by atoms with van der Waals surface area (Å²) in [5.41, 5.74) is 2.23. The van der Waals surface area contributed by atoms with Gasteiger partial charge in [0.15, 0.2) is 0 Å². The lowest BCUT2D eigenvalue weighted by atomic mass is 9.92. The number of likely N-dealkylation sites (tertiary alicyclic amines) is 1. The number of ether oxygens (including phenoxy) is 1. The highest BCUT2D eigenvalue weighted by Gasteiger charge is 2.32. The predicted molar refractivity (Wildman–Crippen MR) is 112 cm³/mol. The first-order valence-electron chi connectivity index (χ1n) is 10.7. The molecule has 5 nitrogen and oxygen atoms in total. The summed E-state index contributed by atoms with van der Waals surface area (Å²) in [6.07, 6.45) is 1.89. The molecule has 0 unspecified atom stereocenters.